The van der Waals surface area contributed by atoms with Crippen LogP contribution in [0.15, 0.2) is 6.33 Å². The second kappa shape index (κ2) is 8.43. The molecular formula is C14H28N6O. The van der Waals surface area contributed by atoms with E-state index in [1.54, 1.807) is 6.33 Å². The SMILES string of the molecule is CCCN1CCOC(C(Cc2ncnn2CCC)NN)C1. The van der Waals surface area contributed by atoms with E-state index in [4.69, 9.17) is 10.6 Å². The van der Waals surface area contributed by atoms with Crippen LogP contribution in [0.25, 0.3) is 0 Å². The molecule has 1 saturated heterocycles. The van der Waals surface area contributed by atoms with Gasteiger partial charge in [-0.15, -0.1) is 0 Å². The molecule has 120 valence electrons. The number of rotatable bonds is 8. The Balaban J connectivity index is 1.97. The van der Waals surface area contributed by atoms with Crippen molar-refractivity contribution in [1.29, 1.82) is 0 Å². The minimum Gasteiger partial charge on any atom is -0.374 e. The minimum absolute atomic E-state index is 0.0597. The van der Waals surface area contributed by atoms with E-state index in [1.807, 2.05) is 4.68 Å². The van der Waals surface area contributed by atoms with Gasteiger partial charge in [-0.05, 0) is 19.4 Å². The van der Waals surface area contributed by atoms with Crippen LogP contribution in [0.4, 0.5) is 0 Å². The Labute approximate surface area is 126 Å². The molecule has 0 amide bonds. The summed E-state index contributed by atoms with van der Waals surface area (Å²) in [6.07, 6.45) is 4.66. The lowest BCUT2D eigenvalue weighted by Crippen LogP contribution is -2.55. The molecule has 21 heavy (non-hydrogen) atoms. The van der Waals surface area contributed by atoms with Gasteiger partial charge in [-0.3, -0.25) is 20.9 Å². The van der Waals surface area contributed by atoms with E-state index in [0.717, 1.165) is 57.9 Å². The summed E-state index contributed by atoms with van der Waals surface area (Å²) in [5.41, 5.74) is 2.91. The molecule has 7 heteroatoms. The summed E-state index contributed by atoms with van der Waals surface area (Å²) < 4.78 is 7.87. The van der Waals surface area contributed by atoms with E-state index in [0.29, 0.717) is 0 Å². The molecule has 2 heterocycles. The Bertz CT molecular complexity index is 408. The zero-order chi connectivity index (χ0) is 15.1. The highest BCUT2D eigenvalue weighted by atomic mass is 16.5. The van der Waals surface area contributed by atoms with E-state index < -0.39 is 0 Å². The lowest BCUT2D eigenvalue weighted by molar-refractivity contribution is -0.0466. The van der Waals surface area contributed by atoms with Crippen molar-refractivity contribution in [2.75, 3.05) is 26.2 Å². The van der Waals surface area contributed by atoms with Crippen molar-refractivity contribution in [2.24, 2.45) is 5.84 Å². The molecule has 0 aliphatic carbocycles. The molecule has 2 unspecified atom stereocenters. The highest BCUT2D eigenvalue weighted by Gasteiger charge is 2.28. The van der Waals surface area contributed by atoms with Gasteiger partial charge in [0.25, 0.3) is 0 Å². The molecule has 2 atom stereocenters. The van der Waals surface area contributed by atoms with Crippen LogP contribution < -0.4 is 11.3 Å². The third-order valence-corrected chi connectivity index (χ3v) is 3.91. The second-order valence-corrected chi connectivity index (χ2v) is 5.59. The van der Waals surface area contributed by atoms with E-state index in [1.165, 1.54) is 0 Å². The summed E-state index contributed by atoms with van der Waals surface area (Å²) in [6.45, 7) is 9.04. The van der Waals surface area contributed by atoms with Gasteiger partial charge in [0.15, 0.2) is 0 Å². The number of nitrogens with one attached hydrogen (secondary N) is 1. The van der Waals surface area contributed by atoms with E-state index in [2.05, 4.69) is 34.3 Å². The first kappa shape index (κ1) is 16.4. The minimum atomic E-state index is 0.0597. The molecule has 0 saturated carbocycles. The van der Waals surface area contributed by atoms with E-state index in [9.17, 15) is 0 Å². The number of ether oxygens (including phenoxy) is 1. The van der Waals surface area contributed by atoms with Crippen LogP contribution in [-0.4, -0.2) is 58.1 Å². The number of hydrogen-bond acceptors (Lipinski definition) is 6. The molecule has 2 rings (SSSR count). The normalized spacial score (nSPS) is 21.6. The Kier molecular flexibility index (Phi) is 6.56. The van der Waals surface area contributed by atoms with Gasteiger partial charge in [0, 0.05) is 26.1 Å². The lowest BCUT2D eigenvalue weighted by atomic mass is 10.1. The first-order valence-electron chi connectivity index (χ1n) is 7.95. The number of nitrogens with two attached hydrogens (primary N) is 1. The maximum atomic E-state index is 5.91. The van der Waals surface area contributed by atoms with Gasteiger partial charge < -0.3 is 4.74 Å². The molecule has 0 bridgehead atoms. The Hall–Kier alpha value is -1.02. The molecule has 7 nitrogen and oxygen atoms in total. The molecule has 1 aliphatic rings. The fourth-order valence-corrected chi connectivity index (χ4v) is 2.83. The molecule has 1 fully saturated rings. The molecule has 3 N–H and O–H groups in total. The lowest BCUT2D eigenvalue weighted by Gasteiger charge is -2.36. The van der Waals surface area contributed by atoms with Crippen LogP contribution in [0.5, 0.6) is 0 Å². The van der Waals surface area contributed by atoms with Crippen molar-refractivity contribution in [3.05, 3.63) is 12.2 Å². The fraction of sp³-hybridized carbons (Fsp3) is 0.857. The summed E-state index contributed by atoms with van der Waals surface area (Å²) in [7, 11) is 0. The fourth-order valence-electron chi connectivity index (χ4n) is 2.83. The van der Waals surface area contributed by atoms with Crippen LogP contribution in [0.2, 0.25) is 0 Å². The number of hydrogen-bond donors (Lipinski definition) is 2. The van der Waals surface area contributed by atoms with Gasteiger partial charge in [-0.2, -0.15) is 5.10 Å². The summed E-state index contributed by atoms with van der Waals surface area (Å²) in [4.78, 5) is 6.80. The first-order chi connectivity index (χ1) is 10.3. The van der Waals surface area contributed by atoms with Gasteiger partial charge >= 0.3 is 0 Å². The molecule has 1 aliphatic heterocycles. The highest BCUT2D eigenvalue weighted by molar-refractivity contribution is 4.94. The number of aryl methyl sites for hydroxylation is 1. The first-order valence-corrected chi connectivity index (χ1v) is 7.95. The predicted octanol–water partition coefficient (Wildman–Crippen LogP) is 0.173. The summed E-state index contributed by atoms with van der Waals surface area (Å²) >= 11 is 0. The van der Waals surface area contributed by atoms with E-state index in [-0.39, 0.29) is 12.1 Å². The summed E-state index contributed by atoms with van der Waals surface area (Å²) in [6, 6.07) is 0.0597. The second-order valence-electron chi connectivity index (χ2n) is 5.59. The van der Waals surface area contributed by atoms with Crippen molar-refractivity contribution in [1.82, 2.24) is 25.1 Å². The van der Waals surface area contributed by atoms with Crippen LogP contribution >= 0.6 is 0 Å². The Morgan fingerprint density at radius 1 is 1.43 bits per heavy atom. The van der Waals surface area contributed by atoms with Crippen molar-refractivity contribution in [2.45, 2.75) is 51.8 Å². The molecule has 1 aromatic rings. The van der Waals surface area contributed by atoms with Gasteiger partial charge in [0.2, 0.25) is 0 Å². The summed E-state index contributed by atoms with van der Waals surface area (Å²) in [5.74, 6) is 6.73. The molecule has 0 spiro atoms. The molecule has 1 aromatic heterocycles. The van der Waals surface area contributed by atoms with Gasteiger partial charge in [-0.25, -0.2) is 4.98 Å². The van der Waals surface area contributed by atoms with Crippen molar-refractivity contribution in [3.63, 3.8) is 0 Å². The highest BCUT2D eigenvalue weighted by Crippen LogP contribution is 2.12. The largest absolute Gasteiger partial charge is 0.374 e. The van der Waals surface area contributed by atoms with Crippen molar-refractivity contribution >= 4 is 0 Å². The van der Waals surface area contributed by atoms with Crippen molar-refractivity contribution < 1.29 is 4.74 Å². The third kappa shape index (κ3) is 4.47. The zero-order valence-electron chi connectivity index (χ0n) is 13.2. The van der Waals surface area contributed by atoms with Crippen LogP contribution in [0.1, 0.15) is 32.5 Å². The average Bonchev–Trinajstić information content (AvgIpc) is 2.93. The smallest absolute Gasteiger partial charge is 0.138 e. The quantitative estimate of drug-likeness (QED) is 0.526. The van der Waals surface area contributed by atoms with E-state index >= 15 is 0 Å². The topological polar surface area (TPSA) is 81.2 Å². The molecule has 0 radical (unpaired) electrons. The zero-order valence-corrected chi connectivity index (χ0v) is 13.2. The van der Waals surface area contributed by atoms with Gasteiger partial charge in [-0.1, -0.05) is 13.8 Å². The van der Waals surface area contributed by atoms with Crippen LogP contribution in [-0.2, 0) is 17.7 Å². The maximum Gasteiger partial charge on any atom is 0.138 e. The maximum absolute atomic E-state index is 5.91. The Morgan fingerprint density at radius 3 is 2.95 bits per heavy atom. The number of aromatic nitrogens is 3. The number of nitrogens with zero attached hydrogens (tertiary/aromatic N) is 4. The Morgan fingerprint density at radius 2 is 2.24 bits per heavy atom. The third-order valence-electron chi connectivity index (χ3n) is 3.91. The predicted molar refractivity (Wildman–Crippen MR) is 81.6 cm³/mol. The number of hydrazine groups is 1. The van der Waals surface area contributed by atoms with Crippen molar-refractivity contribution in [3.8, 4) is 0 Å². The van der Waals surface area contributed by atoms with Crippen LogP contribution in [0, 0.1) is 0 Å². The monoisotopic (exact) mass is 296 g/mol. The van der Waals surface area contributed by atoms with Gasteiger partial charge in [0.05, 0.1) is 18.8 Å². The standard InChI is InChI=1S/C14H28N6O/c1-3-5-19-7-8-21-13(10-19)12(18-15)9-14-16-11-17-20(14)6-4-2/h11-13,18H,3-10,15H2,1-2H3. The van der Waals surface area contributed by atoms with Gasteiger partial charge in [0.1, 0.15) is 12.2 Å². The summed E-state index contributed by atoms with van der Waals surface area (Å²) in [5, 5.41) is 4.27. The van der Waals surface area contributed by atoms with Crippen LogP contribution in [0.3, 0.4) is 0 Å². The number of morpholine rings is 1. The average molecular weight is 296 g/mol. The molecule has 0 aromatic carbocycles. The molecular weight excluding hydrogens is 268 g/mol.